The number of furan rings is 1. The van der Waals surface area contributed by atoms with Crippen LogP contribution in [0, 0.1) is 6.92 Å². The van der Waals surface area contributed by atoms with Gasteiger partial charge < -0.3 is 10.2 Å². The van der Waals surface area contributed by atoms with Gasteiger partial charge in [0, 0.05) is 11.1 Å². The van der Waals surface area contributed by atoms with Gasteiger partial charge in [0.25, 0.3) is 0 Å². The van der Waals surface area contributed by atoms with Crippen molar-refractivity contribution in [2.45, 2.75) is 17.6 Å². The Morgan fingerprint density at radius 1 is 1.40 bits per heavy atom. The first-order chi connectivity index (χ1) is 7.25. The van der Waals surface area contributed by atoms with Crippen molar-refractivity contribution in [1.82, 2.24) is 4.98 Å². The van der Waals surface area contributed by atoms with E-state index in [-0.39, 0.29) is 0 Å². The Morgan fingerprint density at radius 3 is 2.93 bits per heavy atom. The number of thioether (sulfide) groups is 1. The molecular formula is C11H12N2OS. The number of nitrogens with zero attached hydrogens (tertiary/aromatic N) is 1. The molecule has 0 unspecified atom stereocenters. The zero-order valence-corrected chi connectivity index (χ0v) is 9.25. The number of aromatic nitrogens is 1. The smallest absolute Gasteiger partial charge is 0.114 e. The maximum atomic E-state index is 5.78. The Morgan fingerprint density at radius 2 is 2.27 bits per heavy atom. The molecule has 15 heavy (non-hydrogen) atoms. The highest BCUT2D eigenvalue weighted by molar-refractivity contribution is 7.98. The molecule has 78 valence electrons. The molecule has 0 aliphatic heterocycles. The van der Waals surface area contributed by atoms with Crippen LogP contribution in [0.15, 0.2) is 39.9 Å². The number of hydrogen-bond donors (Lipinski definition) is 1. The number of aryl methyl sites for hydroxylation is 1. The van der Waals surface area contributed by atoms with E-state index in [4.69, 9.17) is 10.2 Å². The van der Waals surface area contributed by atoms with Gasteiger partial charge in [0.05, 0.1) is 17.6 Å². The highest BCUT2D eigenvalue weighted by Gasteiger charge is 2.02. The van der Waals surface area contributed by atoms with E-state index in [0.29, 0.717) is 5.69 Å². The average molecular weight is 220 g/mol. The lowest BCUT2D eigenvalue weighted by Gasteiger charge is -2.02. The minimum Gasteiger partial charge on any atom is -0.465 e. The van der Waals surface area contributed by atoms with Crippen molar-refractivity contribution < 1.29 is 4.42 Å². The third-order valence-electron chi connectivity index (χ3n) is 1.98. The zero-order chi connectivity index (χ0) is 10.7. The van der Waals surface area contributed by atoms with Crippen LogP contribution in [0.4, 0.5) is 5.69 Å². The molecular weight excluding hydrogens is 208 g/mol. The van der Waals surface area contributed by atoms with Crippen LogP contribution >= 0.6 is 11.8 Å². The van der Waals surface area contributed by atoms with Crippen LogP contribution in [-0.2, 0) is 5.75 Å². The predicted molar refractivity (Wildman–Crippen MR) is 61.7 cm³/mol. The van der Waals surface area contributed by atoms with E-state index in [2.05, 4.69) is 4.98 Å². The predicted octanol–water partition coefficient (Wildman–Crippen LogP) is 2.86. The van der Waals surface area contributed by atoms with Gasteiger partial charge >= 0.3 is 0 Å². The van der Waals surface area contributed by atoms with Gasteiger partial charge in [0.1, 0.15) is 11.5 Å². The Hall–Kier alpha value is -1.42. The molecule has 4 heteroatoms. The second-order valence-electron chi connectivity index (χ2n) is 3.21. The molecule has 2 rings (SSSR count). The molecule has 0 atom stereocenters. The first kappa shape index (κ1) is 10.1. The molecule has 0 amide bonds. The van der Waals surface area contributed by atoms with Crippen molar-refractivity contribution in [2.24, 2.45) is 0 Å². The molecule has 0 aliphatic carbocycles. The fourth-order valence-electron chi connectivity index (χ4n) is 1.24. The monoisotopic (exact) mass is 220 g/mol. The highest BCUT2D eigenvalue weighted by Crippen LogP contribution is 2.27. The van der Waals surface area contributed by atoms with E-state index < -0.39 is 0 Å². The van der Waals surface area contributed by atoms with Gasteiger partial charge in [-0.2, -0.15) is 0 Å². The largest absolute Gasteiger partial charge is 0.465 e. The molecule has 0 aliphatic rings. The normalized spacial score (nSPS) is 10.5. The van der Waals surface area contributed by atoms with Crippen LogP contribution in [0.1, 0.15) is 11.5 Å². The fourth-order valence-corrected chi connectivity index (χ4v) is 2.07. The maximum Gasteiger partial charge on any atom is 0.114 e. The third-order valence-corrected chi connectivity index (χ3v) is 3.09. The second-order valence-corrected chi connectivity index (χ2v) is 4.23. The number of nitrogen functional groups attached to an aromatic ring is 1. The molecule has 3 nitrogen and oxygen atoms in total. The number of hydrogen-bond acceptors (Lipinski definition) is 4. The first-order valence-corrected chi connectivity index (χ1v) is 5.62. The molecule has 0 bridgehead atoms. The minimum atomic E-state index is 0.714. The van der Waals surface area contributed by atoms with Crippen molar-refractivity contribution >= 4 is 17.4 Å². The highest BCUT2D eigenvalue weighted by atomic mass is 32.2. The number of nitrogens with two attached hydrogens (primary N) is 1. The third kappa shape index (κ3) is 2.53. The molecule has 0 fully saturated rings. The Balaban J connectivity index is 2.02. The summed E-state index contributed by atoms with van der Waals surface area (Å²) in [7, 11) is 0. The number of anilines is 1. The summed E-state index contributed by atoms with van der Waals surface area (Å²) in [4.78, 5) is 4.98. The van der Waals surface area contributed by atoms with Crippen LogP contribution in [0.5, 0.6) is 0 Å². The molecule has 2 heterocycles. The molecule has 0 radical (unpaired) electrons. The summed E-state index contributed by atoms with van der Waals surface area (Å²) in [6, 6.07) is 5.86. The second kappa shape index (κ2) is 4.40. The summed E-state index contributed by atoms with van der Waals surface area (Å²) in [5, 5.41) is 0. The van der Waals surface area contributed by atoms with Gasteiger partial charge in [-0.05, 0) is 25.1 Å². The zero-order valence-electron chi connectivity index (χ0n) is 8.43. The van der Waals surface area contributed by atoms with E-state index in [1.54, 1.807) is 24.2 Å². The van der Waals surface area contributed by atoms with E-state index >= 15 is 0 Å². The first-order valence-electron chi connectivity index (χ1n) is 4.63. The lowest BCUT2D eigenvalue weighted by atomic mass is 10.4. The molecule has 2 N–H and O–H groups in total. The molecule has 0 saturated carbocycles. The van der Waals surface area contributed by atoms with Crippen molar-refractivity contribution in [2.75, 3.05) is 5.73 Å². The van der Waals surface area contributed by atoms with Gasteiger partial charge in [-0.3, -0.25) is 4.98 Å². The van der Waals surface area contributed by atoms with E-state index in [1.165, 1.54) is 0 Å². The Labute approximate surface area is 92.7 Å². The molecule has 2 aromatic heterocycles. The Bertz CT molecular complexity index is 453. The van der Waals surface area contributed by atoms with Crippen molar-refractivity contribution in [3.05, 3.63) is 42.1 Å². The lowest BCUT2D eigenvalue weighted by molar-refractivity contribution is 0.501. The minimum absolute atomic E-state index is 0.714. The molecule has 0 aromatic carbocycles. The summed E-state index contributed by atoms with van der Waals surface area (Å²) in [6.07, 6.45) is 3.40. The van der Waals surface area contributed by atoms with Crippen LogP contribution in [0.2, 0.25) is 0 Å². The summed E-state index contributed by atoms with van der Waals surface area (Å²) in [6.45, 7) is 1.94. The standard InChI is InChI=1S/C11H12N2OS/c1-8-2-3-9(14-8)7-15-11-4-5-13-6-10(11)12/h2-6H,7,12H2,1H3. The van der Waals surface area contributed by atoms with Gasteiger partial charge in [0.2, 0.25) is 0 Å². The summed E-state index contributed by atoms with van der Waals surface area (Å²) < 4.78 is 5.47. The quantitative estimate of drug-likeness (QED) is 0.808. The summed E-state index contributed by atoms with van der Waals surface area (Å²) in [5.41, 5.74) is 6.49. The van der Waals surface area contributed by atoms with Crippen LogP contribution in [0.3, 0.4) is 0 Å². The van der Waals surface area contributed by atoms with E-state index in [1.807, 2.05) is 25.1 Å². The number of rotatable bonds is 3. The van der Waals surface area contributed by atoms with E-state index in [9.17, 15) is 0 Å². The van der Waals surface area contributed by atoms with Crippen LogP contribution in [-0.4, -0.2) is 4.98 Å². The van der Waals surface area contributed by atoms with Crippen molar-refractivity contribution in [3.8, 4) is 0 Å². The fraction of sp³-hybridized carbons (Fsp3) is 0.182. The van der Waals surface area contributed by atoms with Crippen molar-refractivity contribution in [3.63, 3.8) is 0 Å². The van der Waals surface area contributed by atoms with Gasteiger partial charge in [-0.1, -0.05) is 0 Å². The van der Waals surface area contributed by atoms with E-state index in [0.717, 1.165) is 22.2 Å². The SMILES string of the molecule is Cc1ccc(CSc2ccncc2N)o1. The molecule has 0 spiro atoms. The van der Waals surface area contributed by atoms with Crippen LogP contribution in [0.25, 0.3) is 0 Å². The van der Waals surface area contributed by atoms with Crippen LogP contribution < -0.4 is 5.73 Å². The molecule has 0 saturated heterocycles. The average Bonchev–Trinajstić information content (AvgIpc) is 2.63. The molecule has 2 aromatic rings. The number of pyridine rings is 1. The lowest BCUT2D eigenvalue weighted by Crippen LogP contribution is -1.89. The topological polar surface area (TPSA) is 52.0 Å². The summed E-state index contributed by atoms with van der Waals surface area (Å²) >= 11 is 1.65. The van der Waals surface area contributed by atoms with Gasteiger partial charge in [-0.15, -0.1) is 11.8 Å². The maximum absolute atomic E-state index is 5.78. The van der Waals surface area contributed by atoms with Gasteiger partial charge in [0.15, 0.2) is 0 Å². The summed E-state index contributed by atoms with van der Waals surface area (Å²) in [5.74, 6) is 2.70. The Kier molecular flexibility index (Phi) is 2.97. The van der Waals surface area contributed by atoms with Crippen molar-refractivity contribution in [1.29, 1.82) is 0 Å². The van der Waals surface area contributed by atoms with Gasteiger partial charge in [-0.25, -0.2) is 0 Å².